The number of carbonyl (C=O) groups excluding carboxylic acids is 1. The van der Waals surface area contributed by atoms with Crippen LogP contribution in [0.3, 0.4) is 0 Å². The normalized spacial score (nSPS) is 22.4. The topological polar surface area (TPSA) is 53.4 Å². The van der Waals surface area contributed by atoms with E-state index in [1.807, 2.05) is 0 Å². The van der Waals surface area contributed by atoms with Crippen LogP contribution in [0.5, 0.6) is 0 Å². The number of hydrogen-bond acceptors (Lipinski definition) is 3. The quantitative estimate of drug-likeness (QED) is 0.868. The molecule has 0 spiro atoms. The fraction of sp³-hybridized carbons (Fsp3) is 0.500. The van der Waals surface area contributed by atoms with Crippen LogP contribution in [0.25, 0.3) is 0 Å². The number of hydrogen-bond donors (Lipinski definition) is 1. The van der Waals surface area contributed by atoms with E-state index in [4.69, 9.17) is 23.2 Å². The van der Waals surface area contributed by atoms with E-state index in [1.165, 1.54) is 0 Å². The zero-order valence-corrected chi connectivity index (χ0v) is 11.4. The molecule has 1 N–H and O–H groups in total. The van der Waals surface area contributed by atoms with Gasteiger partial charge in [-0.3, -0.25) is 4.79 Å². The highest BCUT2D eigenvalue weighted by Crippen LogP contribution is 2.28. The Morgan fingerprint density at radius 3 is 2.78 bits per heavy atom. The lowest BCUT2D eigenvalue weighted by molar-refractivity contribution is 0.0264. The van der Waals surface area contributed by atoms with Gasteiger partial charge < -0.3 is 10.0 Å². The molecule has 0 aliphatic heterocycles. The lowest BCUT2D eigenvalue weighted by Crippen LogP contribution is -2.39. The van der Waals surface area contributed by atoms with Crippen LogP contribution < -0.4 is 0 Å². The highest BCUT2D eigenvalue weighted by Gasteiger charge is 2.30. The first-order valence-electron chi connectivity index (χ1n) is 5.73. The number of nitrogens with zero attached hydrogens (tertiary/aromatic N) is 2. The van der Waals surface area contributed by atoms with Crippen molar-refractivity contribution in [2.24, 2.45) is 5.92 Å². The predicted molar refractivity (Wildman–Crippen MR) is 69.9 cm³/mol. The zero-order chi connectivity index (χ0) is 13.3. The van der Waals surface area contributed by atoms with Gasteiger partial charge in [0.25, 0.3) is 5.91 Å². The summed E-state index contributed by atoms with van der Waals surface area (Å²) >= 11 is 11.7. The van der Waals surface area contributed by atoms with Gasteiger partial charge >= 0.3 is 0 Å². The molecule has 6 heteroatoms. The number of pyridine rings is 1. The van der Waals surface area contributed by atoms with Gasteiger partial charge in [0.1, 0.15) is 10.8 Å². The minimum Gasteiger partial charge on any atom is -0.393 e. The van der Waals surface area contributed by atoms with Crippen molar-refractivity contribution in [1.82, 2.24) is 9.88 Å². The molecule has 0 bridgehead atoms. The number of aromatic nitrogens is 1. The molecule has 0 saturated heterocycles. The molecule has 1 aliphatic rings. The van der Waals surface area contributed by atoms with Crippen LogP contribution in [0.15, 0.2) is 12.1 Å². The van der Waals surface area contributed by atoms with Gasteiger partial charge in [0.2, 0.25) is 0 Å². The molecule has 0 unspecified atom stereocenters. The van der Waals surface area contributed by atoms with Crippen LogP contribution in [0, 0.1) is 5.92 Å². The van der Waals surface area contributed by atoms with Crippen LogP contribution >= 0.6 is 23.2 Å². The number of aliphatic hydroxyl groups is 1. The summed E-state index contributed by atoms with van der Waals surface area (Å²) in [5.74, 6) is 0.107. The second kappa shape index (κ2) is 5.43. The van der Waals surface area contributed by atoms with Crippen LogP contribution in [-0.2, 0) is 0 Å². The highest BCUT2D eigenvalue weighted by molar-refractivity contribution is 6.34. The fourth-order valence-electron chi connectivity index (χ4n) is 2.07. The Morgan fingerprint density at radius 1 is 1.50 bits per heavy atom. The van der Waals surface area contributed by atoms with E-state index in [2.05, 4.69) is 4.98 Å². The third-order valence-corrected chi connectivity index (χ3v) is 3.62. The van der Waals surface area contributed by atoms with Gasteiger partial charge in [-0.1, -0.05) is 23.2 Å². The van der Waals surface area contributed by atoms with Gasteiger partial charge in [0, 0.05) is 13.6 Å². The summed E-state index contributed by atoms with van der Waals surface area (Å²) in [7, 11) is 1.70. The maximum Gasteiger partial charge on any atom is 0.273 e. The van der Waals surface area contributed by atoms with Gasteiger partial charge in [-0.05, 0) is 30.9 Å². The first kappa shape index (κ1) is 13.6. The molecule has 1 amide bonds. The van der Waals surface area contributed by atoms with Crippen molar-refractivity contribution in [2.45, 2.75) is 18.9 Å². The van der Waals surface area contributed by atoms with Gasteiger partial charge in [-0.2, -0.15) is 0 Å². The minimum atomic E-state index is -0.246. The molecule has 1 saturated carbocycles. The minimum absolute atomic E-state index is 0.173. The monoisotopic (exact) mass is 288 g/mol. The largest absolute Gasteiger partial charge is 0.393 e. The van der Waals surface area contributed by atoms with E-state index in [-0.39, 0.29) is 22.9 Å². The Balaban J connectivity index is 2.03. The van der Waals surface area contributed by atoms with Crippen molar-refractivity contribution in [3.8, 4) is 0 Å². The summed E-state index contributed by atoms with van der Waals surface area (Å²) in [6.07, 6.45) is 1.27. The molecule has 18 heavy (non-hydrogen) atoms. The fourth-order valence-corrected chi connectivity index (χ4v) is 2.40. The van der Waals surface area contributed by atoms with E-state index in [9.17, 15) is 9.90 Å². The molecule has 1 heterocycles. The Labute approximate surface area is 116 Å². The molecule has 2 rings (SSSR count). The van der Waals surface area contributed by atoms with Crippen molar-refractivity contribution in [2.75, 3.05) is 13.6 Å². The van der Waals surface area contributed by atoms with Crippen LogP contribution in [0.1, 0.15) is 23.3 Å². The van der Waals surface area contributed by atoms with Crippen molar-refractivity contribution in [1.29, 1.82) is 0 Å². The van der Waals surface area contributed by atoms with E-state index in [1.54, 1.807) is 24.1 Å². The van der Waals surface area contributed by atoms with Crippen LogP contribution in [0.2, 0.25) is 10.2 Å². The number of halogens is 2. The molecule has 1 aromatic heterocycles. The Morgan fingerprint density at radius 2 is 2.17 bits per heavy atom. The third kappa shape index (κ3) is 2.94. The van der Waals surface area contributed by atoms with Gasteiger partial charge in [0.05, 0.1) is 11.1 Å². The number of carbonyl (C=O) groups is 1. The molecule has 0 atom stereocenters. The molecule has 1 aliphatic carbocycles. The molecule has 0 radical (unpaired) electrons. The number of aliphatic hydroxyl groups excluding tert-OH is 1. The second-order valence-electron chi connectivity index (χ2n) is 4.64. The summed E-state index contributed by atoms with van der Waals surface area (Å²) in [5, 5.41) is 9.75. The lowest BCUT2D eigenvalue weighted by atomic mass is 9.82. The van der Waals surface area contributed by atoms with Crippen molar-refractivity contribution in [3.05, 3.63) is 28.0 Å². The van der Waals surface area contributed by atoms with Crippen molar-refractivity contribution >= 4 is 29.1 Å². The van der Waals surface area contributed by atoms with Crippen LogP contribution in [-0.4, -0.2) is 40.6 Å². The zero-order valence-electron chi connectivity index (χ0n) is 9.94. The summed E-state index contributed by atoms with van der Waals surface area (Å²) < 4.78 is 0. The average molecular weight is 289 g/mol. The van der Waals surface area contributed by atoms with E-state index in [0.29, 0.717) is 17.5 Å². The summed E-state index contributed by atoms with van der Waals surface area (Å²) in [4.78, 5) is 17.7. The molecule has 4 nitrogen and oxygen atoms in total. The van der Waals surface area contributed by atoms with Crippen LogP contribution in [0.4, 0.5) is 0 Å². The summed E-state index contributed by atoms with van der Waals surface area (Å²) in [6, 6.07) is 3.11. The molecule has 0 aromatic carbocycles. The molecule has 1 aromatic rings. The Bertz CT molecular complexity index is 461. The lowest BCUT2D eigenvalue weighted by Gasteiger charge is -2.34. The first-order valence-corrected chi connectivity index (χ1v) is 6.48. The van der Waals surface area contributed by atoms with E-state index in [0.717, 1.165) is 12.8 Å². The standard InChI is InChI=1S/C12H14Cl2N2O2/c1-16(6-7-4-8(17)5-7)12(18)11-9(13)2-3-10(14)15-11/h2-3,7-8,17H,4-6H2,1H3. The Kier molecular flexibility index (Phi) is 4.10. The second-order valence-corrected chi connectivity index (χ2v) is 5.44. The maximum absolute atomic E-state index is 12.1. The van der Waals surface area contributed by atoms with E-state index >= 15 is 0 Å². The third-order valence-electron chi connectivity index (χ3n) is 3.10. The number of amides is 1. The molecule has 98 valence electrons. The van der Waals surface area contributed by atoms with Crippen molar-refractivity contribution < 1.29 is 9.90 Å². The van der Waals surface area contributed by atoms with Crippen molar-refractivity contribution in [3.63, 3.8) is 0 Å². The SMILES string of the molecule is CN(CC1CC(O)C1)C(=O)c1nc(Cl)ccc1Cl. The first-order chi connectivity index (χ1) is 8.47. The smallest absolute Gasteiger partial charge is 0.273 e. The average Bonchev–Trinajstić information content (AvgIpc) is 2.29. The summed E-state index contributed by atoms with van der Waals surface area (Å²) in [6.45, 7) is 0.598. The van der Waals surface area contributed by atoms with E-state index < -0.39 is 0 Å². The number of rotatable bonds is 3. The maximum atomic E-state index is 12.1. The molecular weight excluding hydrogens is 275 g/mol. The summed E-state index contributed by atoms with van der Waals surface area (Å²) in [5.41, 5.74) is 0.173. The molecule has 1 fully saturated rings. The predicted octanol–water partition coefficient (Wildman–Crippen LogP) is 2.23. The van der Waals surface area contributed by atoms with Gasteiger partial charge in [0.15, 0.2) is 0 Å². The highest BCUT2D eigenvalue weighted by atomic mass is 35.5. The van der Waals surface area contributed by atoms with Gasteiger partial charge in [-0.15, -0.1) is 0 Å². The molecular formula is C12H14Cl2N2O2. The van der Waals surface area contributed by atoms with Gasteiger partial charge in [-0.25, -0.2) is 4.98 Å². The Hall–Kier alpha value is -0.840.